The maximum absolute atomic E-state index is 13.1. The van der Waals surface area contributed by atoms with Gasteiger partial charge >= 0.3 is 0 Å². The molecule has 6 heteroatoms. The average molecular weight is 335 g/mol. The molecule has 1 aromatic rings. The Morgan fingerprint density at radius 1 is 1.46 bits per heavy atom. The third-order valence-corrected chi connectivity index (χ3v) is 4.57. The summed E-state index contributed by atoms with van der Waals surface area (Å²) in [6, 6.07) is 5.45. The van der Waals surface area contributed by atoms with E-state index in [4.69, 9.17) is 4.74 Å². The van der Waals surface area contributed by atoms with E-state index in [0.29, 0.717) is 24.4 Å². The van der Waals surface area contributed by atoms with Gasteiger partial charge in [-0.1, -0.05) is 6.92 Å². The predicted molar refractivity (Wildman–Crippen MR) is 95.9 cm³/mol. The van der Waals surface area contributed by atoms with Crippen molar-refractivity contribution < 1.29 is 14.6 Å². The summed E-state index contributed by atoms with van der Waals surface area (Å²) in [6.07, 6.45) is -0.0413. The molecule has 0 aliphatic carbocycles. The third-order valence-electron chi connectivity index (χ3n) is 4.57. The number of amides is 1. The Kier molecular flexibility index (Phi) is 6.07. The van der Waals surface area contributed by atoms with E-state index in [1.165, 1.54) is 0 Å². The fourth-order valence-corrected chi connectivity index (χ4v) is 2.93. The van der Waals surface area contributed by atoms with Crippen molar-refractivity contribution in [3.8, 4) is 5.75 Å². The summed E-state index contributed by atoms with van der Waals surface area (Å²) in [5.74, 6) is 0.662. The molecule has 2 rings (SSSR count). The summed E-state index contributed by atoms with van der Waals surface area (Å²) in [5, 5.41) is 12.7. The van der Waals surface area contributed by atoms with Gasteiger partial charge in [0.05, 0.1) is 18.2 Å². The summed E-state index contributed by atoms with van der Waals surface area (Å²) in [6.45, 7) is 5.14. The van der Waals surface area contributed by atoms with Gasteiger partial charge in [-0.05, 0) is 32.2 Å². The summed E-state index contributed by atoms with van der Waals surface area (Å²) in [5.41, 5.74) is 1.50. The predicted octanol–water partition coefficient (Wildman–Crippen LogP) is 1.19. The molecule has 1 aliphatic heterocycles. The second-order valence-corrected chi connectivity index (χ2v) is 6.76. The molecule has 0 fully saturated rings. The number of ether oxygens (including phenoxy) is 1. The van der Waals surface area contributed by atoms with Crippen molar-refractivity contribution in [3.63, 3.8) is 0 Å². The van der Waals surface area contributed by atoms with Crippen LogP contribution in [0.3, 0.4) is 0 Å². The normalized spacial score (nSPS) is 22.2. The number of nitrogens with one attached hydrogen (secondary N) is 1. The van der Waals surface area contributed by atoms with E-state index in [0.717, 1.165) is 5.69 Å². The van der Waals surface area contributed by atoms with Gasteiger partial charge in [-0.3, -0.25) is 4.79 Å². The van der Waals surface area contributed by atoms with Crippen LogP contribution in [0.25, 0.3) is 0 Å². The van der Waals surface area contributed by atoms with E-state index in [1.807, 2.05) is 51.2 Å². The van der Waals surface area contributed by atoms with Gasteiger partial charge in [0.1, 0.15) is 11.9 Å². The number of nitrogens with zero attached hydrogens (tertiary/aromatic N) is 2. The highest BCUT2D eigenvalue weighted by Crippen LogP contribution is 2.30. The van der Waals surface area contributed by atoms with Crippen molar-refractivity contribution in [2.45, 2.75) is 26.0 Å². The van der Waals surface area contributed by atoms with E-state index in [1.54, 1.807) is 4.90 Å². The molecule has 1 aliphatic rings. The quantitative estimate of drug-likeness (QED) is 0.846. The van der Waals surface area contributed by atoms with Crippen LogP contribution in [0.4, 0.5) is 5.69 Å². The molecule has 0 aromatic heterocycles. The highest BCUT2D eigenvalue weighted by Gasteiger charge is 2.32. The van der Waals surface area contributed by atoms with Crippen LogP contribution < -0.4 is 15.0 Å². The highest BCUT2D eigenvalue weighted by molar-refractivity contribution is 5.98. The number of hydrogen-bond acceptors (Lipinski definition) is 5. The van der Waals surface area contributed by atoms with E-state index in [2.05, 4.69) is 12.2 Å². The van der Waals surface area contributed by atoms with Crippen LogP contribution in [0, 0.1) is 5.92 Å². The lowest BCUT2D eigenvalue weighted by molar-refractivity contribution is 0.0416. The molecule has 1 aromatic carbocycles. The van der Waals surface area contributed by atoms with Gasteiger partial charge in [-0.2, -0.15) is 0 Å². The largest absolute Gasteiger partial charge is 0.488 e. The minimum Gasteiger partial charge on any atom is -0.488 e. The highest BCUT2D eigenvalue weighted by atomic mass is 16.5. The molecule has 0 saturated heterocycles. The van der Waals surface area contributed by atoms with Crippen LogP contribution in [-0.4, -0.2) is 68.9 Å². The number of benzene rings is 1. The molecule has 3 atom stereocenters. The minimum atomic E-state index is -0.232. The maximum Gasteiger partial charge on any atom is 0.258 e. The minimum absolute atomic E-state index is 0.0413. The smallest absolute Gasteiger partial charge is 0.258 e. The lowest BCUT2D eigenvalue weighted by Crippen LogP contribution is -2.49. The van der Waals surface area contributed by atoms with E-state index >= 15 is 0 Å². The molecule has 1 amide bonds. The maximum atomic E-state index is 13.1. The lowest BCUT2D eigenvalue weighted by Gasteiger charge is -2.37. The molecule has 0 unspecified atom stereocenters. The van der Waals surface area contributed by atoms with Gasteiger partial charge in [-0.25, -0.2) is 0 Å². The Hall–Kier alpha value is -1.79. The molecular formula is C18H29N3O3. The first-order valence-electron chi connectivity index (χ1n) is 8.43. The molecule has 24 heavy (non-hydrogen) atoms. The Bertz CT molecular complexity index is 577. The third kappa shape index (κ3) is 3.82. The van der Waals surface area contributed by atoms with E-state index < -0.39 is 0 Å². The summed E-state index contributed by atoms with van der Waals surface area (Å²) in [4.78, 5) is 16.8. The number of hydrogen-bond donors (Lipinski definition) is 2. The van der Waals surface area contributed by atoms with Crippen molar-refractivity contribution in [3.05, 3.63) is 23.8 Å². The first kappa shape index (κ1) is 18.5. The summed E-state index contributed by atoms with van der Waals surface area (Å²) < 4.78 is 6.17. The number of aliphatic hydroxyl groups excluding tert-OH is 1. The van der Waals surface area contributed by atoms with Crippen molar-refractivity contribution in [2.75, 3.05) is 45.7 Å². The Labute approximate surface area is 144 Å². The Balaban J connectivity index is 2.49. The van der Waals surface area contributed by atoms with Crippen molar-refractivity contribution >= 4 is 11.6 Å². The van der Waals surface area contributed by atoms with Gasteiger partial charge < -0.3 is 25.0 Å². The first-order valence-corrected chi connectivity index (χ1v) is 8.43. The van der Waals surface area contributed by atoms with Crippen molar-refractivity contribution in [2.24, 2.45) is 5.92 Å². The molecule has 134 valence electrons. The molecule has 0 radical (unpaired) electrons. The molecular weight excluding hydrogens is 306 g/mol. The molecule has 2 N–H and O–H groups in total. The van der Waals surface area contributed by atoms with Crippen molar-refractivity contribution in [1.82, 2.24) is 10.2 Å². The average Bonchev–Trinajstić information content (AvgIpc) is 2.56. The van der Waals surface area contributed by atoms with Crippen LogP contribution in [-0.2, 0) is 0 Å². The second-order valence-electron chi connectivity index (χ2n) is 6.76. The number of fused-ring (bicyclic) bond motifs is 1. The second kappa shape index (κ2) is 7.85. The monoisotopic (exact) mass is 335 g/mol. The number of likely N-dealkylation sites (N-methyl/N-ethyl adjacent to an activating group) is 1. The molecule has 6 nitrogen and oxygen atoms in total. The fraction of sp³-hybridized carbons (Fsp3) is 0.611. The SMILES string of the molecule is CNC[C@H]1Oc2ccc(N(C)C)cc2C(=O)N([C@H](C)CO)C[C@H]1C. The zero-order chi connectivity index (χ0) is 17.9. The van der Waals surface area contributed by atoms with Gasteiger partial charge in [0, 0.05) is 38.8 Å². The number of rotatable bonds is 5. The van der Waals surface area contributed by atoms with Crippen molar-refractivity contribution in [1.29, 1.82) is 0 Å². The lowest BCUT2D eigenvalue weighted by atomic mass is 9.99. The van der Waals surface area contributed by atoms with Gasteiger partial charge in [0.15, 0.2) is 0 Å². The molecule has 0 bridgehead atoms. The Morgan fingerprint density at radius 3 is 2.75 bits per heavy atom. The molecule has 0 saturated carbocycles. The Morgan fingerprint density at radius 2 is 2.17 bits per heavy atom. The number of anilines is 1. The summed E-state index contributed by atoms with van der Waals surface area (Å²) in [7, 11) is 5.77. The van der Waals surface area contributed by atoms with Gasteiger partial charge in [0.25, 0.3) is 5.91 Å². The number of carbonyl (C=O) groups is 1. The topological polar surface area (TPSA) is 65.0 Å². The van der Waals surface area contributed by atoms with Crippen LogP contribution >= 0.6 is 0 Å². The zero-order valence-electron chi connectivity index (χ0n) is 15.2. The number of aliphatic hydroxyl groups is 1. The van der Waals surface area contributed by atoms with Crippen LogP contribution in [0.15, 0.2) is 18.2 Å². The molecule has 0 spiro atoms. The first-order chi connectivity index (χ1) is 11.4. The standard InChI is InChI=1S/C18H29N3O3/c1-12-10-21(13(2)11-22)18(23)15-8-14(20(4)5)6-7-16(15)24-17(12)9-19-3/h6-8,12-13,17,19,22H,9-11H2,1-5H3/t12-,13-,17-/m1/s1. The van der Waals surface area contributed by atoms with Gasteiger partial charge in [0.2, 0.25) is 0 Å². The van der Waals surface area contributed by atoms with Gasteiger partial charge in [-0.15, -0.1) is 0 Å². The van der Waals surface area contributed by atoms with Crippen LogP contribution in [0.1, 0.15) is 24.2 Å². The van der Waals surface area contributed by atoms with E-state index in [9.17, 15) is 9.90 Å². The zero-order valence-corrected chi connectivity index (χ0v) is 15.2. The fourth-order valence-electron chi connectivity index (χ4n) is 2.93. The number of carbonyl (C=O) groups excluding carboxylic acids is 1. The summed E-state index contributed by atoms with van der Waals surface area (Å²) >= 11 is 0. The molecule has 1 heterocycles. The van der Waals surface area contributed by atoms with Crippen LogP contribution in [0.2, 0.25) is 0 Å². The van der Waals surface area contributed by atoms with E-state index in [-0.39, 0.29) is 30.6 Å². The van der Waals surface area contributed by atoms with Crippen LogP contribution in [0.5, 0.6) is 5.75 Å².